The van der Waals surface area contributed by atoms with Gasteiger partial charge in [0.2, 0.25) is 0 Å². The van der Waals surface area contributed by atoms with Crippen molar-refractivity contribution in [2.45, 2.75) is 26.4 Å². The summed E-state index contributed by atoms with van der Waals surface area (Å²) in [7, 11) is 0. The molecular formula is C29H26N2O2. The Balaban J connectivity index is 1.40. The van der Waals surface area contributed by atoms with Gasteiger partial charge in [-0.1, -0.05) is 48.5 Å². The second kappa shape index (κ2) is 11.0. The van der Waals surface area contributed by atoms with Crippen molar-refractivity contribution in [3.63, 3.8) is 0 Å². The molecule has 4 nitrogen and oxygen atoms in total. The maximum atomic E-state index is 8.86. The van der Waals surface area contributed by atoms with E-state index in [0.717, 1.165) is 52.1 Å². The molecule has 1 aromatic heterocycles. The van der Waals surface area contributed by atoms with Crippen molar-refractivity contribution in [2.24, 2.45) is 0 Å². The van der Waals surface area contributed by atoms with E-state index in [-0.39, 0.29) is 0 Å². The number of benzene rings is 3. The van der Waals surface area contributed by atoms with Crippen molar-refractivity contribution in [1.82, 2.24) is 4.98 Å². The van der Waals surface area contributed by atoms with E-state index in [9.17, 15) is 0 Å². The van der Waals surface area contributed by atoms with Crippen molar-refractivity contribution in [3.8, 4) is 17.6 Å². The molecule has 33 heavy (non-hydrogen) atoms. The molecule has 4 rings (SSSR count). The lowest BCUT2D eigenvalue weighted by Crippen LogP contribution is -2.01. The summed E-state index contributed by atoms with van der Waals surface area (Å²) in [6.45, 7) is 3.20. The minimum atomic E-state index is 0.519. The summed E-state index contributed by atoms with van der Waals surface area (Å²) in [6, 6.07) is 27.6. The first-order valence-electron chi connectivity index (χ1n) is 11.1. The Morgan fingerprint density at radius 3 is 2.45 bits per heavy atom. The smallest absolute Gasteiger partial charge is 0.134 e. The maximum Gasteiger partial charge on any atom is 0.134 e. The molecule has 0 fully saturated rings. The van der Waals surface area contributed by atoms with E-state index in [4.69, 9.17) is 19.7 Å². The molecule has 3 aromatic carbocycles. The number of rotatable bonds is 9. The van der Waals surface area contributed by atoms with Gasteiger partial charge in [-0.15, -0.1) is 0 Å². The van der Waals surface area contributed by atoms with Crippen molar-refractivity contribution in [3.05, 3.63) is 107 Å². The quantitative estimate of drug-likeness (QED) is 0.270. The summed E-state index contributed by atoms with van der Waals surface area (Å²) in [5.41, 5.74) is 4.65. The first-order chi connectivity index (χ1) is 16.2. The predicted octanol–water partition coefficient (Wildman–Crippen LogP) is 6.87. The van der Waals surface area contributed by atoms with Crippen LogP contribution in [0.15, 0.2) is 84.9 Å². The summed E-state index contributed by atoms with van der Waals surface area (Å²) in [4.78, 5) is 4.85. The van der Waals surface area contributed by atoms with Gasteiger partial charge in [0.15, 0.2) is 0 Å². The molecule has 0 unspecified atom stereocenters. The second-order valence-corrected chi connectivity index (χ2v) is 7.77. The van der Waals surface area contributed by atoms with Crippen LogP contribution < -0.4 is 9.47 Å². The molecule has 164 valence electrons. The van der Waals surface area contributed by atoms with Gasteiger partial charge in [-0.05, 0) is 67.8 Å². The van der Waals surface area contributed by atoms with Gasteiger partial charge < -0.3 is 9.47 Å². The number of allylic oxidation sites excluding steroid dienone is 1. The molecule has 0 amide bonds. The Bertz CT molecular complexity index is 1270. The number of hydrogen-bond donors (Lipinski definition) is 0. The Hall–Kier alpha value is -4.10. The molecule has 0 N–H and O–H groups in total. The lowest BCUT2D eigenvalue weighted by Gasteiger charge is -2.14. The van der Waals surface area contributed by atoms with Gasteiger partial charge in [0.1, 0.15) is 18.1 Å². The Morgan fingerprint density at radius 2 is 1.67 bits per heavy atom. The van der Waals surface area contributed by atoms with E-state index in [2.05, 4.69) is 43.3 Å². The van der Waals surface area contributed by atoms with E-state index >= 15 is 0 Å². The van der Waals surface area contributed by atoms with E-state index in [1.54, 1.807) is 12.1 Å². The third-order valence-electron chi connectivity index (χ3n) is 5.38. The Labute approximate surface area is 194 Å². The van der Waals surface area contributed by atoms with E-state index in [1.807, 2.05) is 48.5 Å². The fourth-order valence-corrected chi connectivity index (χ4v) is 3.58. The number of ether oxygens (including phenoxy) is 2. The van der Waals surface area contributed by atoms with E-state index in [1.165, 1.54) is 0 Å². The number of nitrogens with zero attached hydrogens (tertiary/aromatic N) is 2. The van der Waals surface area contributed by atoms with Crippen LogP contribution in [0.25, 0.3) is 17.0 Å². The standard InChI is InChI=1S/C29H26N2O2/c1-22-27(13-6-3-9-19-32-25-17-15-23(20-30)16-18-25)31-28-14-8-7-12-26(28)29(22)33-21-24-10-4-2-5-11-24/h2,4-8,10-18H,3,9,19,21H2,1H3/b13-6+. The average molecular weight is 435 g/mol. The summed E-state index contributed by atoms with van der Waals surface area (Å²) < 4.78 is 12.0. The summed E-state index contributed by atoms with van der Waals surface area (Å²) >= 11 is 0. The molecule has 0 aliphatic carbocycles. The summed E-state index contributed by atoms with van der Waals surface area (Å²) in [5, 5.41) is 9.89. The molecule has 0 saturated heterocycles. The Kier molecular flexibility index (Phi) is 7.35. The fraction of sp³-hybridized carbons (Fsp3) is 0.172. The first-order valence-corrected chi connectivity index (χ1v) is 11.1. The molecule has 0 bridgehead atoms. The zero-order chi connectivity index (χ0) is 22.9. The number of hydrogen-bond acceptors (Lipinski definition) is 4. The number of unbranched alkanes of at least 4 members (excludes halogenated alkanes) is 1. The summed E-state index contributed by atoms with van der Waals surface area (Å²) in [6.07, 6.45) is 5.97. The second-order valence-electron chi connectivity index (χ2n) is 7.77. The molecule has 0 aliphatic rings. The van der Waals surface area contributed by atoms with Gasteiger partial charge in [-0.25, -0.2) is 4.98 Å². The topological polar surface area (TPSA) is 55.1 Å². The third kappa shape index (κ3) is 5.78. The van der Waals surface area contributed by atoms with Crippen molar-refractivity contribution in [1.29, 1.82) is 5.26 Å². The van der Waals surface area contributed by atoms with Crippen molar-refractivity contribution in [2.75, 3.05) is 6.61 Å². The van der Waals surface area contributed by atoms with Crippen LogP contribution in [-0.4, -0.2) is 11.6 Å². The van der Waals surface area contributed by atoms with Crippen LogP contribution in [0.4, 0.5) is 0 Å². The fourth-order valence-electron chi connectivity index (χ4n) is 3.58. The Morgan fingerprint density at radius 1 is 0.909 bits per heavy atom. The lowest BCUT2D eigenvalue weighted by atomic mass is 10.1. The molecule has 4 aromatic rings. The molecule has 0 radical (unpaired) electrons. The molecule has 0 aliphatic heterocycles. The normalized spacial score (nSPS) is 10.9. The first kappa shape index (κ1) is 22.1. The van der Waals surface area contributed by atoms with E-state index in [0.29, 0.717) is 18.8 Å². The van der Waals surface area contributed by atoms with Crippen LogP contribution >= 0.6 is 0 Å². The van der Waals surface area contributed by atoms with Crippen LogP contribution in [0.3, 0.4) is 0 Å². The van der Waals surface area contributed by atoms with Crippen LogP contribution in [0, 0.1) is 18.3 Å². The average Bonchev–Trinajstić information content (AvgIpc) is 2.87. The highest BCUT2D eigenvalue weighted by Gasteiger charge is 2.11. The third-order valence-corrected chi connectivity index (χ3v) is 5.38. The SMILES string of the molecule is Cc1c(/C=C/CCCOc2ccc(C#N)cc2)nc2ccccc2c1OCc1ccccc1. The minimum Gasteiger partial charge on any atom is -0.494 e. The van der Waals surface area contributed by atoms with Crippen LogP contribution in [0.1, 0.15) is 35.2 Å². The molecule has 4 heteroatoms. The van der Waals surface area contributed by atoms with Crippen LogP contribution in [-0.2, 0) is 6.61 Å². The van der Waals surface area contributed by atoms with Crippen LogP contribution in [0.2, 0.25) is 0 Å². The number of pyridine rings is 1. The number of aromatic nitrogens is 1. The summed E-state index contributed by atoms with van der Waals surface area (Å²) in [5.74, 6) is 1.67. The zero-order valence-electron chi connectivity index (χ0n) is 18.7. The van der Waals surface area contributed by atoms with E-state index < -0.39 is 0 Å². The lowest BCUT2D eigenvalue weighted by molar-refractivity contribution is 0.307. The molecule has 0 atom stereocenters. The number of nitriles is 1. The number of para-hydroxylation sites is 1. The van der Waals surface area contributed by atoms with Crippen molar-refractivity contribution >= 4 is 17.0 Å². The molecule has 0 saturated carbocycles. The highest BCUT2D eigenvalue weighted by molar-refractivity contribution is 5.88. The number of fused-ring (bicyclic) bond motifs is 1. The van der Waals surface area contributed by atoms with Gasteiger partial charge >= 0.3 is 0 Å². The largest absolute Gasteiger partial charge is 0.494 e. The highest BCUT2D eigenvalue weighted by atomic mass is 16.5. The van der Waals surface area contributed by atoms with Gasteiger partial charge in [-0.3, -0.25) is 0 Å². The molecule has 0 spiro atoms. The van der Waals surface area contributed by atoms with Crippen molar-refractivity contribution < 1.29 is 9.47 Å². The molecule has 1 heterocycles. The van der Waals surface area contributed by atoms with Gasteiger partial charge in [-0.2, -0.15) is 5.26 Å². The van der Waals surface area contributed by atoms with Gasteiger partial charge in [0.25, 0.3) is 0 Å². The van der Waals surface area contributed by atoms with Gasteiger partial charge in [0, 0.05) is 10.9 Å². The predicted molar refractivity (Wildman–Crippen MR) is 132 cm³/mol. The van der Waals surface area contributed by atoms with Crippen LogP contribution in [0.5, 0.6) is 11.5 Å². The van der Waals surface area contributed by atoms with Gasteiger partial charge in [0.05, 0.1) is 29.5 Å². The highest BCUT2D eigenvalue weighted by Crippen LogP contribution is 2.31. The monoisotopic (exact) mass is 434 g/mol. The minimum absolute atomic E-state index is 0.519. The maximum absolute atomic E-state index is 8.86. The molecular weight excluding hydrogens is 408 g/mol. The zero-order valence-corrected chi connectivity index (χ0v) is 18.7.